The Morgan fingerprint density at radius 2 is 0.855 bits per heavy atom. The maximum absolute atomic E-state index is 6.70. The smallest absolute Gasteiger partial charge is 0.132 e. The van der Waals surface area contributed by atoms with E-state index in [1.807, 2.05) is 0 Å². The largest absolute Gasteiger partial charge is 0.457 e. The van der Waals surface area contributed by atoms with E-state index in [-0.39, 0.29) is 0 Å². The van der Waals surface area contributed by atoms with Crippen molar-refractivity contribution in [2.24, 2.45) is 0 Å². The van der Waals surface area contributed by atoms with Crippen LogP contribution in [0.15, 0.2) is 212 Å². The van der Waals surface area contributed by atoms with Gasteiger partial charge in [0.05, 0.1) is 11.1 Å². The average molecular weight is 702 g/mol. The second kappa shape index (κ2) is 12.5. The highest BCUT2D eigenvalue weighted by Crippen LogP contribution is 2.63. The van der Waals surface area contributed by atoms with E-state index in [1.165, 1.54) is 55.3 Å². The van der Waals surface area contributed by atoms with Crippen LogP contribution in [0.3, 0.4) is 0 Å². The van der Waals surface area contributed by atoms with Crippen LogP contribution in [0.5, 0.6) is 11.5 Å². The standard InChI is InChI=1S/C53H35NO/c1-3-15-36(16-4-1)37-27-29-41(30-28-37)54(50-24-12-9-21-43(50)38-17-5-2-6-18-38)42-31-32-44-45-33-39-19-7-8-20-40(39)34-48(45)53(49(44)35-42)46-22-10-13-25-51(46)55-52-26-14-11-23-47(52)53/h1-35H. The van der Waals surface area contributed by atoms with Gasteiger partial charge in [-0.05, 0) is 104 Å². The van der Waals surface area contributed by atoms with E-state index < -0.39 is 5.41 Å². The molecule has 9 aromatic carbocycles. The Morgan fingerprint density at radius 3 is 1.56 bits per heavy atom. The van der Waals surface area contributed by atoms with Crippen LogP contribution in [0.25, 0.3) is 44.2 Å². The molecular formula is C53H35NO. The number of anilines is 3. The molecule has 1 aliphatic heterocycles. The lowest BCUT2D eigenvalue weighted by Crippen LogP contribution is -2.32. The van der Waals surface area contributed by atoms with Crippen molar-refractivity contribution < 1.29 is 4.74 Å². The first-order valence-electron chi connectivity index (χ1n) is 18.9. The first kappa shape index (κ1) is 31.4. The van der Waals surface area contributed by atoms with E-state index in [0.717, 1.165) is 39.7 Å². The molecule has 0 aromatic heterocycles. The molecule has 0 atom stereocenters. The minimum atomic E-state index is -0.599. The number of fused-ring (bicyclic) bond motifs is 10. The Kier molecular flexibility index (Phi) is 7.11. The maximum atomic E-state index is 6.70. The van der Waals surface area contributed by atoms with Crippen LogP contribution in [0.1, 0.15) is 22.3 Å². The van der Waals surface area contributed by atoms with E-state index in [2.05, 4.69) is 217 Å². The molecule has 258 valence electrons. The third-order valence-corrected chi connectivity index (χ3v) is 11.5. The molecule has 1 aliphatic carbocycles. The predicted molar refractivity (Wildman–Crippen MR) is 227 cm³/mol. The zero-order chi connectivity index (χ0) is 36.3. The van der Waals surface area contributed by atoms with Crippen LogP contribution in [-0.2, 0) is 5.41 Å². The number of nitrogens with zero attached hydrogens (tertiary/aromatic N) is 1. The second-order valence-corrected chi connectivity index (χ2v) is 14.5. The van der Waals surface area contributed by atoms with Crippen LogP contribution in [-0.4, -0.2) is 0 Å². The van der Waals surface area contributed by atoms with Crippen molar-refractivity contribution in [1.29, 1.82) is 0 Å². The van der Waals surface area contributed by atoms with Crippen molar-refractivity contribution in [3.05, 3.63) is 235 Å². The van der Waals surface area contributed by atoms with Crippen molar-refractivity contribution in [3.8, 4) is 44.9 Å². The number of benzene rings is 9. The van der Waals surface area contributed by atoms with Gasteiger partial charge < -0.3 is 9.64 Å². The monoisotopic (exact) mass is 701 g/mol. The first-order valence-corrected chi connectivity index (χ1v) is 18.9. The van der Waals surface area contributed by atoms with Crippen LogP contribution in [0, 0.1) is 0 Å². The van der Waals surface area contributed by atoms with Gasteiger partial charge in [-0.15, -0.1) is 0 Å². The molecule has 9 aromatic rings. The fourth-order valence-corrected chi connectivity index (χ4v) is 9.10. The van der Waals surface area contributed by atoms with Crippen LogP contribution < -0.4 is 9.64 Å². The number of para-hydroxylation sites is 3. The van der Waals surface area contributed by atoms with Crippen LogP contribution in [0.2, 0.25) is 0 Å². The summed E-state index contributed by atoms with van der Waals surface area (Å²) >= 11 is 0. The Labute approximate surface area is 321 Å². The summed E-state index contributed by atoms with van der Waals surface area (Å²) < 4.78 is 6.70. The van der Waals surface area contributed by atoms with E-state index >= 15 is 0 Å². The van der Waals surface area contributed by atoms with Gasteiger partial charge in [0.2, 0.25) is 0 Å². The SMILES string of the molecule is c1ccc(-c2ccc(N(c3ccc4c(c3)C3(c5ccccc5Oc5ccccc53)c3cc5ccccc5cc3-4)c3ccccc3-c3ccccc3)cc2)cc1. The zero-order valence-corrected chi connectivity index (χ0v) is 30.1. The number of hydrogen-bond acceptors (Lipinski definition) is 2. The summed E-state index contributed by atoms with van der Waals surface area (Å²) in [4.78, 5) is 2.43. The molecular weight excluding hydrogens is 667 g/mol. The lowest BCUT2D eigenvalue weighted by Gasteiger charge is -2.40. The summed E-state index contributed by atoms with van der Waals surface area (Å²) in [5.41, 5.74) is 14.8. The molecule has 0 unspecified atom stereocenters. The Hall–Kier alpha value is -7.16. The maximum Gasteiger partial charge on any atom is 0.132 e. The highest BCUT2D eigenvalue weighted by Gasteiger charge is 2.51. The molecule has 11 rings (SSSR count). The van der Waals surface area contributed by atoms with Gasteiger partial charge >= 0.3 is 0 Å². The van der Waals surface area contributed by atoms with E-state index in [0.29, 0.717) is 0 Å². The van der Waals surface area contributed by atoms with Gasteiger partial charge in [0, 0.05) is 28.1 Å². The molecule has 0 N–H and O–H groups in total. The third kappa shape index (κ3) is 4.82. The van der Waals surface area contributed by atoms with E-state index in [9.17, 15) is 0 Å². The van der Waals surface area contributed by atoms with Crippen molar-refractivity contribution in [2.75, 3.05) is 4.90 Å². The normalized spacial score (nSPS) is 13.0. The molecule has 0 fully saturated rings. The van der Waals surface area contributed by atoms with Gasteiger partial charge in [-0.3, -0.25) is 0 Å². The number of hydrogen-bond donors (Lipinski definition) is 0. The summed E-state index contributed by atoms with van der Waals surface area (Å²) in [5.74, 6) is 1.78. The lowest BCUT2D eigenvalue weighted by molar-refractivity contribution is 0.436. The van der Waals surface area contributed by atoms with Crippen molar-refractivity contribution in [2.45, 2.75) is 5.41 Å². The average Bonchev–Trinajstić information content (AvgIpc) is 3.53. The Balaban J connectivity index is 1.20. The molecule has 0 saturated carbocycles. The molecule has 0 amide bonds. The highest BCUT2D eigenvalue weighted by molar-refractivity contribution is 5.98. The van der Waals surface area contributed by atoms with Crippen LogP contribution >= 0.6 is 0 Å². The minimum Gasteiger partial charge on any atom is -0.457 e. The van der Waals surface area contributed by atoms with Crippen molar-refractivity contribution in [1.82, 2.24) is 0 Å². The summed E-state index contributed by atoms with van der Waals surface area (Å²) in [5, 5.41) is 2.46. The molecule has 1 heterocycles. The Bertz CT molecular complexity index is 2850. The molecule has 55 heavy (non-hydrogen) atoms. The molecule has 2 heteroatoms. The van der Waals surface area contributed by atoms with Gasteiger partial charge in [-0.1, -0.05) is 158 Å². The van der Waals surface area contributed by atoms with Gasteiger partial charge in [0.25, 0.3) is 0 Å². The van der Waals surface area contributed by atoms with Crippen molar-refractivity contribution >= 4 is 27.8 Å². The third-order valence-electron chi connectivity index (χ3n) is 11.5. The summed E-state index contributed by atoms with van der Waals surface area (Å²) in [6.45, 7) is 0. The number of rotatable bonds is 5. The molecule has 1 spiro atoms. The zero-order valence-electron chi connectivity index (χ0n) is 30.1. The molecule has 0 saturated heterocycles. The first-order chi connectivity index (χ1) is 27.3. The van der Waals surface area contributed by atoms with Gasteiger partial charge in [-0.2, -0.15) is 0 Å². The topological polar surface area (TPSA) is 12.5 Å². The number of ether oxygens (including phenoxy) is 1. The quantitative estimate of drug-likeness (QED) is 0.177. The fourth-order valence-electron chi connectivity index (χ4n) is 9.10. The molecule has 2 nitrogen and oxygen atoms in total. The van der Waals surface area contributed by atoms with Gasteiger partial charge in [0.15, 0.2) is 0 Å². The molecule has 0 bridgehead atoms. The second-order valence-electron chi connectivity index (χ2n) is 14.5. The highest BCUT2D eigenvalue weighted by atomic mass is 16.5. The fraction of sp³-hybridized carbons (Fsp3) is 0.0189. The van der Waals surface area contributed by atoms with Crippen molar-refractivity contribution in [3.63, 3.8) is 0 Å². The summed E-state index contributed by atoms with van der Waals surface area (Å²) in [6.07, 6.45) is 0. The summed E-state index contributed by atoms with van der Waals surface area (Å²) in [6, 6.07) is 76.9. The minimum absolute atomic E-state index is 0.599. The molecule has 2 aliphatic rings. The Morgan fingerprint density at radius 1 is 0.327 bits per heavy atom. The predicted octanol–water partition coefficient (Wildman–Crippen LogP) is 14.1. The summed E-state index contributed by atoms with van der Waals surface area (Å²) in [7, 11) is 0. The van der Waals surface area contributed by atoms with Crippen LogP contribution in [0.4, 0.5) is 17.1 Å². The van der Waals surface area contributed by atoms with E-state index in [4.69, 9.17) is 4.74 Å². The molecule has 0 radical (unpaired) electrons. The van der Waals surface area contributed by atoms with E-state index in [1.54, 1.807) is 0 Å². The van der Waals surface area contributed by atoms with Gasteiger partial charge in [0.1, 0.15) is 11.5 Å². The van der Waals surface area contributed by atoms with Gasteiger partial charge in [-0.25, -0.2) is 0 Å². The lowest BCUT2D eigenvalue weighted by atomic mass is 9.66.